The van der Waals surface area contributed by atoms with Crippen LogP contribution in [-0.2, 0) is 9.47 Å². The lowest BCUT2D eigenvalue weighted by molar-refractivity contribution is 0.0684. The van der Waals surface area contributed by atoms with Gasteiger partial charge in [-0.15, -0.1) is 6.58 Å². The molecule has 2 N–H and O–H groups in total. The molecule has 0 saturated carbocycles. The highest BCUT2D eigenvalue weighted by molar-refractivity contribution is 4.81. The molecule has 0 radical (unpaired) electrons. The van der Waals surface area contributed by atoms with Crippen LogP contribution in [0, 0.1) is 0 Å². The van der Waals surface area contributed by atoms with Crippen molar-refractivity contribution in [1.82, 2.24) is 0 Å². The van der Waals surface area contributed by atoms with Crippen molar-refractivity contribution < 1.29 is 9.47 Å². The molecule has 3 nitrogen and oxygen atoms in total. The molecule has 3 heteroatoms. The average molecular weight is 145 g/mol. The summed E-state index contributed by atoms with van der Waals surface area (Å²) < 4.78 is 9.87. The molecule has 0 aliphatic heterocycles. The molecule has 0 amide bonds. The summed E-state index contributed by atoms with van der Waals surface area (Å²) in [6, 6.07) is -0.0585. The summed E-state index contributed by atoms with van der Waals surface area (Å²) in [6.45, 7) is 5.25. The predicted molar refractivity (Wildman–Crippen MR) is 40.9 cm³/mol. The fourth-order valence-corrected chi connectivity index (χ4v) is 0.430. The van der Waals surface area contributed by atoms with Gasteiger partial charge in [0.05, 0.1) is 19.8 Å². The first kappa shape index (κ1) is 9.62. The van der Waals surface area contributed by atoms with Crippen LogP contribution in [-0.4, -0.2) is 33.0 Å². The molecule has 0 spiro atoms. The Labute approximate surface area is 61.8 Å². The van der Waals surface area contributed by atoms with E-state index in [2.05, 4.69) is 6.58 Å². The molecule has 60 valence electrons. The van der Waals surface area contributed by atoms with Gasteiger partial charge in [-0.3, -0.25) is 0 Å². The van der Waals surface area contributed by atoms with Gasteiger partial charge in [-0.1, -0.05) is 6.08 Å². The average Bonchev–Trinajstić information content (AvgIpc) is 1.98. The summed E-state index contributed by atoms with van der Waals surface area (Å²) >= 11 is 0. The van der Waals surface area contributed by atoms with Crippen LogP contribution in [0.2, 0.25) is 0 Å². The van der Waals surface area contributed by atoms with Gasteiger partial charge in [0.25, 0.3) is 0 Å². The van der Waals surface area contributed by atoms with Gasteiger partial charge in [0.2, 0.25) is 0 Å². The van der Waals surface area contributed by atoms with Crippen molar-refractivity contribution in [3.05, 3.63) is 12.7 Å². The van der Waals surface area contributed by atoms with Crippen molar-refractivity contribution in [3.8, 4) is 0 Å². The van der Waals surface area contributed by atoms with E-state index in [1.807, 2.05) is 0 Å². The van der Waals surface area contributed by atoms with Crippen LogP contribution in [0.25, 0.3) is 0 Å². The van der Waals surface area contributed by atoms with Gasteiger partial charge < -0.3 is 15.2 Å². The van der Waals surface area contributed by atoms with Crippen molar-refractivity contribution in [2.45, 2.75) is 6.04 Å². The summed E-state index contributed by atoms with van der Waals surface area (Å²) in [5.41, 5.74) is 5.47. The summed E-state index contributed by atoms with van der Waals surface area (Å²) in [4.78, 5) is 0. The third-order valence-electron chi connectivity index (χ3n) is 1.04. The van der Waals surface area contributed by atoms with Crippen LogP contribution in [0.5, 0.6) is 0 Å². The Bertz CT molecular complexity index is 85.7. The number of hydrogen-bond donors (Lipinski definition) is 1. The maximum Gasteiger partial charge on any atom is 0.0701 e. The number of rotatable bonds is 6. The van der Waals surface area contributed by atoms with Crippen LogP contribution >= 0.6 is 0 Å². The standard InChI is InChI=1S/C7H15NO2/c1-3-7(8)6-10-5-4-9-2/h3,7H,1,4-6,8H2,2H3. The first-order chi connectivity index (χ1) is 4.81. The maximum absolute atomic E-state index is 5.47. The van der Waals surface area contributed by atoms with Gasteiger partial charge in [-0.05, 0) is 0 Å². The lowest BCUT2D eigenvalue weighted by atomic mass is 10.3. The largest absolute Gasteiger partial charge is 0.382 e. The normalized spacial score (nSPS) is 13.0. The van der Waals surface area contributed by atoms with E-state index in [1.165, 1.54) is 0 Å². The van der Waals surface area contributed by atoms with Gasteiger partial charge in [0.1, 0.15) is 0 Å². The van der Waals surface area contributed by atoms with Gasteiger partial charge in [-0.25, -0.2) is 0 Å². The van der Waals surface area contributed by atoms with E-state index in [0.717, 1.165) is 0 Å². The topological polar surface area (TPSA) is 44.5 Å². The quantitative estimate of drug-likeness (QED) is 0.428. The highest BCUT2D eigenvalue weighted by atomic mass is 16.5. The summed E-state index contributed by atoms with van der Waals surface area (Å²) in [5, 5.41) is 0. The Morgan fingerprint density at radius 3 is 2.80 bits per heavy atom. The lowest BCUT2D eigenvalue weighted by Gasteiger charge is -2.06. The lowest BCUT2D eigenvalue weighted by Crippen LogP contribution is -2.24. The second-order valence-electron chi connectivity index (χ2n) is 1.97. The van der Waals surface area contributed by atoms with Gasteiger partial charge in [0, 0.05) is 13.2 Å². The van der Waals surface area contributed by atoms with Crippen molar-refractivity contribution in [1.29, 1.82) is 0 Å². The third kappa shape index (κ3) is 5.75. The van der Waals surface area contributed by atoms with E-state index < -0.39 is 0 Å². The Morgan fingerprint density at radius 2 is 2.30 bits per heavy atom. The van der Waals surface area contributed by atoms with Gasteiger partial charge in [0.15, 0.2) is 0 Å². The molecule has 0 saturated heterocycles. The second kappa shape index (κ2) is 6.74. The summed E-state index contributed by atoms with van der Waals surface area (Å²) in [6.07, 6.45) is 1.66. The molecule has 1 atom stereocenters. The van der Waals surface area contributed by atoms with E-state index in [-0.39, 0.29) is 6.04 Å². The second-order valence-corrected chi connectivity index (χ2v) is 1.97. The molecule has 10 heavy (non-hydrogen) atoms. The van der Waals surface area contributed by atoms with Crippen LogP contribution < -0.4 is 5.73 Å². The maximum atomic E-state index is 5.47. The van der Waals surface area contributed by atoms with E-state index >= 15 is 0 Å². The van der Waals surface area contributed by atoms with Crippen molar-refractivity contribution >= 4 is 0 Å². The molecule has 0 aromatic rings. The minimum absolute atomic E-state index is 0.0585. The number of nitrogens with two attached hydrogens (primary N) is 1. The van der Waals surface area contributed by atoms with E-state index in [0.29, 0.717) is 19.8 Å². The Hall–Kier alpha value is -0.380. The highest BCUT2D eigenvalue weighted by Crippen LogP contribution is 1.82. The molecule has 0 heterocycles. The van der Waals surface area contributed by atoms with Crippen molar-refractivity contribution in [2.75, 3.05) is 26.9 Å². The number of hydrogen-bond acceptors (Lipinski definition) is 3. The smallest absolute Gasteiger partial charge is 0.0701 e. The van der Waals surface area contributed by atoms with Crippen molar-refractivity contribution in [3.63, 3.8) is 0 Å². The predicted octanol–water partition coefficient (Wildman–Crippen LogP) is 0.163. The highest BCUT2D eigenvalue weighted by Gasteiger charge is 1.94. The van der Waals surface area contributed by atoms with Crippen LogP contribution in [0.1, 0.15) is 0 Å². The molecule has 0 bridgehead atoms. The van der Waals surface area contributed by atoms with Gasteiger partial charge >= 0.3 is 0 Å². The van der Waals surface area contributed by atoms with E-state index in [9.17, 15) is 0 Å². The van der Waals surface area contributed by atoms with E-state index in [1.54, 1.807) is 13.2 Å². The molecule has 0 fully saturated rings. The summed E-state index contributed by atoms with van der Waals surface area (Å²) in [5.74, 6) is 0. The van der Waals surface area contributed by atoms with Crippen LogP contribution in [0.15, 0.2) is 12.7 Å². The number of methoxy groups -OCH3 is 1. The first-order valence-corrected chi connectivity index (χ1v) is 3.26. The number of ether oxygens (including phenoxy) is 2. The molecular formula is C7H15NO2. The third-order valence-corrected chi connectivity index (χ3v) is 1.04. The monoisotopic (exact) mass is 145 g/mol. The van der Waals surface area contributed by atoms with Gasteiger partial charge in [-0.2, -0.15) is 0 Å². The zero-order valence-electron chi connectivity index (χ0n) is 6.38. The molecule has 1 unspecified atom stereocenters. The minimum Gasteiger partial charge on any atom is -0.382 e. The van der Waals surface area contributed by atoms with Crippen LogP contribution in [0.4, 0.5) is 0 Å². The molecule has 0 aromatic carbocycles. The molecule has 0 aromatic heterocycles. The zero-order chi connectivity index (χ0) is 7.82. The molecule has 0 aliphatic carbocycles. The van der Waals surface area contributed by atoms with Crippen LogP contribution in [0.3, 0.4) is 0 Å². The zero-order valence-corrected chi connectivity index (χ0v) is 6.38. The molecule has 0 aliphatic rings. The van der Waals surface area contributed by atoms with Crippen molar-refractivity contribution in [2.24, 2.45) is 5.73 Å². The SMILES string of the molecule is C=CC(N)COCCOC. The Kier molecular flexibility index (Phi) is 6.48. The molecule has 0 rings (SSSR count). The minimum atomic E-state index is -0.0585. The fourth-order valence-electron chi connectivity index (χ4n) is 0.430. The first-order valence-electron chi connectivity index (χ1n) is 3.26. The van der Waals surface area contributed by atoms with E-state index in [4.69, 9.17) is 15.2 Å². The Morgan fingerprint density at radius 1 is 1.60 bits per heavy atom. The summed E-state index contributed by atoms with van der Waals surface area (Å²) in [7, 11) is 1.64. The molecular weight excluding hydrogens is 130 g/mol. The fraction of sp³-hybridized carbons (Fsp3) is 0.714. The Balaban J connectivity index is 2.95.